The number of benzene rings is 1. The molecule has 0 saturated heterocycles. The van der Waals surface area contributed by atoms with E-state index in [4.69, 9.17) is 10.6 Å². The van der Waals surface area contributed by atoms with Gasteiger partial charge in [0.15, 0.2) is 0 Å². The van der Waals surface area contributed by atoms with Crippen molar-refractivity contribution in [3.05, 3.63) is 23.3 Å². The van der Waals surface area contributed by atoms with E-state index >= 15 is 0 Å². The molecule has 0 aliphatic rings. The van der Waals surface area contributed by atoms with Crippen LogP contribution in [0.4, 0.5) is 5.69 Å². The zero-order valence-corrected chi connectivity index (χ0v) is 9.22. The van der Waals surface area contributed by atoms with Gasteiger partial charge in [0.25, 0.3) is 0 Å². The molecule has 3 nitrogen and oxygen atoms in total. The van der Waals surface area contributed by atoms with E-state index in [0.717, 1.165) is 17.0 Å². The first kappa shape index (κ1) is 10.9. The summed E-state index contributed by atoms with van der Waals surface area (Å²) in [5, 5.41) is 0. The number of nitrogen functional groups attached to an aromatic ring is 1. The minimum absolute atomic E-state index is 0.428. The first-order valence-electron chi connectivity index (χ1n) is 4.75. The lowest BCUT2D eigenvalue weighted by atomic mass is 9.99. The molecule has 14 heavy (non-hydrogen) atoms. The average Bonchev–Trinajstić information content (AvgIpc) is 2.16. The number of anilines is 1. The third-order valence-electron chi connectivity index (χ3n) is 2.35. The Labute approximate surface area is 85.2 Å². The molecule has 1 rings (SSSR count). The molecule has 0 amide bonds. The van der Waals surface area contributed by atoms with E-state index in [1.807, 2.05) is 19.1 Å². The van der Waals surface area contributed by atoms with Crippen LogP contribution in [0, 0.1) is 6.92 Å². The highest BCUT2D eigenvalue weighted by Gasteiger charge is 2.10. The minimum Gasteiger partial charge on any atom is -0.496 e. The summed E-state index contributed by atoms with van der Waals surface area (Å²) >= 11 is 0. The molecule has 0 unspecified atom stereocenters. The molecule has 0 radical (unpaired) electrons. The fourth-order valence-corrected chi connectivity index (χ4v) is 1.48. The summed E-state index contributed by atoms with van der Waals surface area (Å²) in [5.41, 5.74) is 5.90. The first-order chi connectivity index (χ1) is 6.60. The van der Waals surface area contributed by atoms with E-state index in [-0.39, 0.29) is 0 Å². The molecular formula is C11H18N2O. The number of rotatable bonds is 3. The molecule has 0 aliphatic carbocycles. The molecule has 1 aromatic rings. The monoisotopic (exact) mass is 194 g/mol. The van der Waals surface area contributed by atoms with Crippen LogP contribution in [0.25, 0.3) is 0 Å². The summed E-state index contributed by atoms with van der Waals surface area (Å²) in [5.74, 6) is 6.78. The Bertz CT molecular complexity index is 321. The van der Waals surface area contributed by atoms with Gasteiger partial charge in [-0.1, -0.05) is 13.8 Å². The zero-order chi connectivity index (χ0) is 10.7. The van der Waals surface area contributed by atoms with Crippen molar-refractivity contribution < 1.29 is 4.74 Å². The summed E-state index contributed by atoms with van der Waals surface area (Å²) in [4.78, 5) is 0. The molecule has 0 saturated carbocycles. The molecule has 0 aliphatic heterocycles. The second kappa shape index (κ2) is 4.33. The smallest absolute Gasteiger partial charge is 0.122 e. The maximum Gasteiger partial charge on any atom is 0.122 e. The van der Waals surface area contributed by atoms with Gasteiger partial charge in [0.1, 0.15) is 5.75 Å². The largest absolute Gasteiger partial charge is 0.496 e. The summed E-state index contributed by atoms with van der Waals surface area (Å²) < 4.78 is 5.32. The molecule has 0 heterocycles. The van der Waals surface area contributed by atoms with Crippen LogP contribution in [0.1, 0.15) is 30.9 Å². The lowest BCUT2D eigenvalue weighted by Crippen LogP contribution is -2.09. The van der Waals surface area contributed by atoms with Crippen LogP contribution in [0.3, 0.4) is 0 Å². The summed E-state index contributed by atoms with van der Waals surface area (Å²) in [6.45, 7) is 6.27. The van der Waals surface area contributed by atoms with Crippen LogP contribution in [0.15, 0.2) is 12.1 Å². The molecule has 0 aromatic heterocycles. The number of ether oxygens (including phenoxy) is 1. The first-order valence-corrected chi connectivity index (χ1v) is 4.75. The van der Waals surface area contributed by atoms with Gasteiger partial charge >= 0.3 is 0 Å². The van der Waals surface area contributed by atoms with Crippen molar-refractivity contribution in [2.75, 3.05) is 12.5 Å². The summed E-state index contributed by atoms with van der Waals surface area (Å²) in [7, 11) is 1.69. The van der Waals surface area contributed by atoms with Gasteiger partial charge in [0, 0.05) is 0 Å². The van der Waals surface area contributed by atoms with E-state index < -0.39 is 0 Å². The van der Waals surface area contributed by atoms with Crippen LogP contribution in [0.2, 0.25) is 0 Å². The zero-order valence-electron chi connectivity index (χ0n) is 9.22. The molecule has 3 N–H and O–H groups in total. The number of nitrogens with two attached hydrogens (primary N) is 1. The van der Waals surface area contributed by atoms with E-state index in [1.54, 1.807) is 7.11 Å². The van der Waals surface area contributed by atoms with Crippen molar-refractivity contribution in [1.29, 1.82) is 0 Å². The van der Waals surface area contributed by atoms with Crippen molar-refractivity contribution in [2.45, 2.75) is 26.7 Å². The van der Waals surface area contributed by atoms with Crippen LogP contribution in [-0.4, -0.2) is 7.11 Å². The van der Waals surface area contributed by atoms with Gasteiger partial charge in [0.2, 0.25) is 0 Å². The van der Waals surface area contributed by atoms with Crippen molar-refractivity contribution in [1.82, 2.24) is 0 Å². The minimum atomic E-state index is 0.428. The van der Waals surface area contributed by atoms with Gasteiger partial charge in [-0.25, -0.2) is 0 Å². The SMILES string of the molecule is COc1cc(C)c(NN)cc1C(C)C. The molecule has 0 spiro atoms. The lowest BCUT2D eigenvalue weighted by Gasteiger charge is -2.15. The van der Waals surface area contributed by atoms with Crippen LogP contribution < -0.4 is 16.0 Å². The Balaban J connectivity index is 3.25. The maximum atomic E-state index is 5.42. The summed E-state index contributed by atoms with van der Waals surface area (Å²) in [6, 6.07) is 4.04. The highest BCUT2D eigenvalue weighted by atomic mass is 16.5. The second-order valence-electron chi connectivity index (χ2n) is 3.71. The normalized spacial score (nSPS) is 10.4. The third-order valence-corrected chi connectivity index (χ3v) is 2.35. The van der Waals surface area contributed by atoms with Crippen molar-refractivity contribution in [3.63, 3.8) is 0 Å². The van der Waals surface area contributed by atoms with Crippen LogP contribution >= 0.6 is 0 Å². The van der Waals surface area contributed by atoms with Crippen molar-refractivity contribution in [2.24, 2.45) is 5.84 Å². The lowest BCUT2D eigenvalue weighted by molar-refractivity contribution is 0.407. The van der Waals surface area contributed by atoms with Crippen molar-refractivity contribution in [3.8, 4) is 5.75 Å². The van der Waals surface area contributed by atoms with E-state index in [0.29, 0.717) is 5.92 Å². The molecule has 1 aromatic carbocycles. The van der Waals surface area contributed by atoms with Gasteiger partial charge in [-0.05, 0) is 36.1 Å². The fourth-order valence-electron chi connectivity index (χ4n) is 1.48. The fraction of sp³-hybridized carbons (Fsp3) is 0.455. The third kappa shape index (κ3) is 1.99. The molecular weight excluding hydrogens is 176 g/mol. The molecule has 0 fully saturated rings. The van der Waals surface area contributed by atoms with Gasteiger partial charge in [-0.15, -0.1) is 0 Å². The predicted octanol–water partition coefficient (Wildman–Crippen LogP) is 2.41. The number of nitrogens with one attached hydrogen (secondary N) is 1. The summed E-state index contributed by atoms with van der Waals surface area (Å²) in [6.07, 6.45) is 0. The number of methoxy groups -OCH3 is 1. The Morgan fingerprint density at radius 2 is 2.00 bits per heavy atom. The Kier molecular flexibility index (Phi) is 3.36. The number of hydrogen-bond acceptors (Lipinski definition) is 3. The van der Waals surface area contributed by atoms with E-state index in [2.05, 4.69) is 19.3 Å². The number of hydrazine groups is 1. The molecule has 78 valence electrons. The van der Waals surface area contributed by atoms with Crippen LogP contribution in [0.5, 0.6) is 5.75 Å². The molecule has 3 heteroatoms. The maximum absolute atomic E-state index is 5.42. The number of aryl methyl sites for hydroxylation is 1. The quantitative estimate of drug-likeness (QED) is 0.574. The average molecular weight is 194 g/mol. The number of hydrogen-bond donors (Lipinski definition) is 2. The second-order valence-corrected chi connectivity index (χ2v) is 3.71. The highest BCUT2D eigenvalue weighted by Crippen LogP contribution is 2.31. The topological polar surface area (TPSA) is 47.3 Å². The van der Waals surface area contributed by atoms with Gasteiger partial charge in [-0.3, -0.25) is 5.84 Å². The highest BCUT2D eigenvalue weighted by molar-refractivity contribution is 5.57. The Morgan fingerprint density at radius 3 is 2.43 bits per heavy atom. The predicted molar refractivity (Wildman–Crippen MR) is 59.6 cm³/mol. The van der Waals surface area contributed by atoms with E-state index in [9.17, 15) is 0 Å². The molecule has 0 bridgehead atoms. The molecule has 0 atom stereocenters. The Morgan fingerprint density at radius 1 is 1.36 bits per heavy atom. The van der Waals surface area contributed by atoms with Gasteiger partial charge < -0.3 is 10.2 Å². The van der Waals surface area contributed by atoms with Gasteiger partial charge in [0.05, 0.1) is 12.8 Å². The van der Waals surface area contributed by atoms with Crippen molar-refractivity contribution >= 4 is 5.69 Å². The van der Waals surface area contributed by atoms with E-state index in [1.165, 1.54) is 5.56 Å². The van der Waals surface area contributed by atoms with Crippen LogP contribution in [-0.2, 0) is 0 Å². The Hall–Kier alpha value is -1.22. The standard InChI is InChI=1S/C11H18N2O/c1-7(2)9-6-10(13-12)8(3)5-11(9)14-4/h5-7,13H,12H2,1-4H3. The van der Waals surface area contributed by atoms with Gasteiger partial charge in [-0.2, -0.15) is 0 Å².